The summed E-state index contributed by atoms with van der Waals surface area (Å²) in [6.07, 6.45) is 0. The zero-order chi connectivity index (χ0) is 28.1. The second-order valence-electron chi connectivity index (χ2n) is 7.49. The number of hydrogen-bond acceptors (Lipinski definition) is 13. The van der Waals surface area contributed by atoms with Crippen molar-refractivity contribution in [3.63, 3.8) is 0 Å². The van der Waals surface area contributed by atoms with Crippen molar-refractivity contribution in [3.8, 4) is 0 Å². The van der Waals surface area contributed by atoms with E-state index in [4.69, 9.17) is 21.3 Å². The lowest BCUT2D eigenvalue weighted by Gasteiger charge is -2.10. The molecule has 0 aromatic heterocycles. The third kappa shape index (κ3) is 6.35. The third-order valence-electron chi connectivity index (χ3n) is 4.97. The molecule has 0 aliphatic heterocycles. The predicted molar refractivity (Wildman–Crippen MR) is 137 cm³/mol. The number of aliphatic hydroxyl groups is 1. The van der Waals surface area contributed by atoms with Crippen molar-refractivity contribution in [3.05, 3.63) is 60.2 Å². The van der Waals surface area contributed by atoms with Crippen LogP contribution in [-0.2, 0) is 24.7 Å². The highest BCUT2D eigenvalue weighted by Gasteiger charge is 2.23. The molecular formula is C22H22N6O8S2. The number of nitrogens with zero attached hydrogens (tertiary/aromatic N) is 4. The first-order valence-corrected chi connectivity index (χ1v) is 13.6. The molecule has 0 aliphatic rings. The standard InChI is InChI=1S/C22H22N6O8S2/c1-36-22(30)15-7-2-3-8-16(15)26-28-21-19(23)17(12-18(20(21)24)38(33,34)35)27-25-13-5-4-6-14(11-13)37(31,32)10-9-29/h2-8,11-12,29H,9-10,23-24H2,1H3,(H,33,34,35)/b27-25+,28-26+. The van der Waals surface area contributed by atoms with Gasteiger partial charge in [0.25, 0.3) is 10.1 Å². The molecule has 0 fully saturated rings. The number of benzene rings is 3. The van der Waals surface area contributed by atoms with Gasteiger partial charge >= 0.3 is 5.97 Å². The second-order valence-corrected chi connectivity index (χ2v) is 11.0. The van der Waals surface area contributed by atoms with Crippen molar-refractivity contribution in [1.29, 1.82) is 0 Å². The highest BCUT2D eigenvalue weighted by Crippen LogP contribution is 2.43. The lowest BCUT2D eigenvalue weighted by Crippen LogP contribution is -2.09. The molecule has 0 unspecified atom stereocenters. The normalized spacial score (nSPS) is 12.3. The van der Waals surface area contributed by atoms with E-state index in [2.05, 4.69) is 20.5 Å². The molecule has 200 valence electrons. The zero-order valence-electron chi connectivity index (χ0n) is 19.7. The molecule has 0 aliphatic carbocycles. The zero-order valence-corrected chi connectivity index (χ0v) is 21.3. The van der Waals surface area contributed by atoms with E-state index >= 15 is 0 Å². The largest absolute Gasteiger partial charge is 0.465 e. The van der Waals surface area contributed by atoms with Gasteiger partial charge in [-0.3, -0.25) is 4.55 Å². The highest BCUT2D eigenvalue weighted by molar-refractivity contribution is 7.91. The van der Waals surface area contributed by atoms with Crippen LogP contribution in [0.2, 0.25) is 0 Å². The Morgan fingerprint density at radius 3 is 2.24 bits per heavy atom. The predicted octanol–water partition coefficient (Wildman–Crippen LogP) is 3.48. The number of ether oxygens (including phenoxy) is 1. The van der Waals surface area contributed by atoms with E-state index in [1.54, 1.807) is 12.1 Å². The van der Waals surface area contributed by atoms with Crippen LogP contribution in [0.25, 0.3) is 0 Å². The van der Waals surface area contributed by atoms with Crippen molar-refractivity contribution in [2.75, 3.05) is 30.9 Å². The number of nitrogen functional groups attached to an aromatic ring is 2. The molecule has 16 heteroatoms. The van der Waals surface area contributed by atoms with Crippen molar-refractivity contribution in [2.45, 2.75) is 9.79 Å². The van der Waals surface area contributed by atoms with Crippen molar-refractivity contribution < 1.29 is 36.0 Å². The van der Waals surface area contributed by atoms with Crippen LogP contribution in [0.15, 0.2) is 84.8 Å². The number of hydrogen-bond donors (Lipinski definition) is 4. The molecule has 0 saturated carbocycles. The summed E-state index contributed by atoms with van der Waals surface area (Å²) in [5, 5.41) is 24.6. The number of rotatable bonds is 9. The van der Waals surface area contributed by atoms with Gasteiger partial charge in [-0.05, 0) is 36.4 Å². The van der Waals surface area contributed by atoms with Crippen LogP contribution >= 0.6 is 0 Å². The number of carbonyl (C=O) groups is 1. The molecule has 6 N–H and O–H groups in total. The van der Waals surface area contributed by atoms with Gasteiger partial charge in [0, 0.05) is 0 Å². The average molecular weight is 563 g/mol. The van der Waals surface area contributed by atoms with Crippen LogP contribution < -0.4 is 11.5 Å². The van der Waals surface area contributed by atoms with Crippen LogP contribution in [0.5, 0.6) is 0 Å². The minimum atomic E-state index is -4.88. The Labute approximate surface area is 217 Å². The Hall–Kier alpha value is -4.25. The lowest BCUT2D eigenvalue weighted by atomic mass is 10.2. The molecular weight excluding hydrogens is 540 g/mol. The summed E-state index contributed by atoms with van der Waals surface area (Å²) in [7, 11) is -7.48. The molecule has 0 saturated heterocycles. The molecule has 0 heterocycles. The molecule has 0 amide bonds. The van der Waals surface area contributed by atoms with Gasteiger partial charge in [0.15, 0.2) is 9.84 Å². The Morgan fingerprint density at radius 1 is 0.895 bits per heavy atom. The van der Waals surface area contributed by atoms with Crippen molar-refractivity contribution in [2.24, 2.45) is 20.5 Å². The van der Waals surface area contributed by atoms with E-state index in [1.165, 1.54) is 43.5 Å². The smallest absolute Gasteiger partial charge is 0.340 e. The number of sulfone groups is 1. The van der Waals surface area contributed by atoms with Gasteiger partial charge in [0.1, 0.15) is 22.0 Å². The SMILES string of the molecule is COC(=O)c1ccccc1/N=N/c1c(N)c(/N=N/c2cccc(S(=O)(=O)CCO)c2)cc(S(=O)(=O)O)c1N. The van der Waals surface area contributed by atoms with Gasteiger partial charge in [0.05, 0.1) is 47.0 Å². The first kappa shape index (κ1) is 28.3. The fourth-order valence-electron chi connectivity index (χ4n) is 3.10. The van der Waals surface area contributed by atoms with Crippen LogP contribution in [0.3, 0.4) is 0 Å². The minimum absolute atomic E-state index is 0.0535. The van der Waals surface area contributed by atoms with Gasteiger partial charge < -0.3 is 21.3 Å². The summed E-state index contributed by atoms with van der Waals surface area (Å²) in [4.78, 5) is 11.1. The van der Waals surface area contributed by atoms with Gasteiger partial charge in [-0.15, -0.1) is 15.3 Å². The third-order valence-corrected chi connectivity index (χ3v) is 7.56. The number of nitrogens with two attached hydrogens (primary N) is 2. The van der Waals surface area contributed by atoms with Gasteiger partial charge in [-0.25, -0.2) is 13.2 Å². The monoisotopic (exact) mass is 562 g/mol. The quantitative estimate of drug-likeness (QED) is 0.128. The van der Waals surface area contributed by atoms with Crippen molar-refractivity contribution in [1.82, 2.24) is 0 Å². The van der Waals surface area contributed by atoms with Gasteiger partial charge in [0.2, 0.25) is 0 Å². The molecule has 0 radical (unpaired) electrons. The van der Waals surface area contributed by atoms with Crippen molar-refractivity contribution >= 4 is 60.0 Å². The maximum atomic E-state index is 12.2. The molecule has 0 atom stereocenters. The summed E-state index contributed by atoms with van der Waals surface area (Å²) >= 11 is 0. The molecule has 0 bridgehead atoms. The molecule has 3 rings (SSSR count). The summed E-state index contributed by atoms with van der Waals surface area (Å²) in [5.74, 6) is -1.20. The Morgan fingerprint density at radius 2 is 1.58 bits per heavy atom. The second kappa shape index (κ2) is 11.4. The van der Waals surface area contributed by atoms with Crippen LogP contribution in [-0.4, -0.2) is 51.9 Å². The first-order chi connectivity index (χ1) is 17.9. The number of aliphatic hydroxyl groups excluding tert-OH is 1. The van der Waals surface area contributed by atoms with Crippen LogP contribution in [0.1, 0.15) is 10.4 Å². The van der Waals surface area contributed by atoms with E-state index in [-0.39, 0.29) is 38.9 Å². The number of anilines is 2. The van der Waals surface area contributed by atoms with Crippen LogP contribution in [0, 0.1) is 0 Å². The average Bonchev–Trinajstić information content (AvgIpc) is 2.87. The number of methoxy groups -OCH3 is 1. The molecule has 38 heavy (non-hydrogen) atoms. The molecule has 3 aromatic rings. The van der Waals surface area contributed by atoms with Gasteiger partial charge in [-0.2, -0.15) is 13.5 Å². The fraction of sp³-hybridized carbons (Fsp3) is 0.136. The van der Waals surface area contributed by atoms with Gasteiger partial charge in [-0.1, -0.05) is 18.2 Å². The number of azo groups is 2. The topological polar surface area (TPSA) is 237 Å². The van der Waals surface area contributed by atoms with E-state index in [0.717, 1.165) is 6.07 Å². The minimum Gasteiger partial charge on any atom is -0.465 e. The highest BCUT2D eigenvalue weighted by atomic mass is 32.2. The first-order valence-electron chi connectivity index (χ1n) is 10.5. The lowest BCUT2D eigenvalue weighted by molar-refractivity contribution is 0.0601. The maximum Gasteiger partial charge on any atom is 0.340 e. The molecule has 14 nitrogen and oxygen atoms in total. The van der Waals surface area contributed by atoms with E-state index in [0.29, 0.717) is 0 Å². The maximum absolute atomic E-state index is 12.2. The summed E-state index contributed by atoms with van der Waals surface area (Å²) in [6.45, 7) is -0.574. The van der Waals surface area contributed by atoms with E-state index in [9.17, 15) is 26.2 Å². The van der Waals surface area contributed by atoms with E-state index < -0.39 is 48.9 Å². The Kier molecular flexibility index (Phi) is 8.52. The number of esters is 1. The molecule has 3 aromatic carbocycles. The van der Waals surface area contributed by atoms with E-state index in [1.807, 2.05) is 0 Å². The summed E-state index contributed by atoms with van der Waals surface area (Å²) in [6, 6.07) is 12.2. The Balaban J connectivity index is 2.12. The molecule has 0 spiro atoms. The number of carbonyl (C=O) groups excluding carboxylic acids is 1. The Bertz CT molecular complexity index is 1650. The fourth-order valence-corrected chi connectivity index (χ4v) is 4.80. The summed E-state index contributed by atoms with van der Waals surface area (Å²) in [5.41, 5.74) is 10.7. The van der Waals surface area contributed by atoms with Crippen LogP contribution in [0.4, 0.5) is 34.1 Å². The summed E-state index contributed by atoms with van der Waals surface area (Å²) < 4.78 is 62.7.